The first-order valence-electron chi connectivity index (χ1n) is 8.86. The summed E-state index contributed by atoms with van der Waals surface area (Å²) in [6.45, 7) is 3.38. The molecule has 3 nitrogen and oxygen atoms in total. The Hall–Kier alpha value is -2.38. The standard InChI is InChI=1S/C21H18F4O3/c1-20-6-7-21(27-11-20,28-12-20)15-4-2-13(3-5-15)14-8-16(22)19(17(23)9-14)26-10-18(24)25/h2-5,8-10H,6-7,11-12H2,1H3. The minimum Gasteiger partial charge on any atom is -0.453 e. The second kappa shape index (κ2) is 6.90. The molecule has 0 aromatic heterocycles. The lowest BCUT2D eigenvalue weighted by atomic mass is 9.78. The molecule has 3 saturated heterocycles. The van der Waals surface area contributed by atoms with Crippen LogP contribution in [0.5, 0.6) is 5.75 Å². The van der Waals surface area contributed by atoms with Gasteiger partial charge in [-0.15, -0.1) is 0 Å². The molecule has 0 aliphatic carbocycles. The molecule has 3 heterocycles. The van der Waals surface area contributed by atoms with Gasteiger partial charge in [0.25, 0.3) is 0 Å². The fourth-order valence-electron chi connectivity index (χ4n) is 3.59. The van der Waals surface area contributed by atoms with Crippen LogP contribution in [0.2, 0.25) is 0 Å². The van der Waals surface area contributed by atoms with E-state index in [9.17, 15) is 17.6 Å². The molecule has 28 heavy (non-hydrogen) atoms. The van der Waals surface area contributed by atoms with E-state index in [4.69, 9.17) is 9.47 Å². The lowest BCUT2D eigenvalue weighted by Crippen LogP contribution is -2.52. The van der Waals surface area contributed by atoms with E-state index in [-0.39, 0.29) is 17.2 Å². The monoisotopic (exact) mass is 394 g/mol. The molecule has 0 saturated carbocycles. The van der Waals surface area contributed by atoms with E-state index < -0.39 is 29.3 Å². The van der Waals surface area contributed by atoms with Gasteiger partial charge in [-0.25, -0.2) is 8.78 Å². The summed E-state index contributed by atoms with van der Waals surface area (Å²) in [6.07, 6.45) is -0.445. The average molecular weight is 394 g/mol. The first-order chi connectivity index (χ1) is 13.3. The highest BCUT2D eigenvalue weighted by atomic mass is 19.3. The second-order valence-corrected chi connectivity index (χ2v) is 7.51. The number of halogens is 4. The molecule has 0 amide bonds. The highest BCUT2D eigenvalue weighted by molar-refractivity contribution is 5.65. The van der Waals surface area contributed by atoms with Crippen LogP contribution >= 0.6 is 0 Å². The normalized spacial score (nSPS) is 26.2. The van der Waals surface area contributed by atoms with Crippen molar-refractivity contribution < 1.29 is 31.8 Å². The molecule has 0 unspecified atom stereocenters. The predicted molar refractivity (Wildman–Crippen MR) is 93.6 cm³/mol. The van der Waals surface area contributed by atoms with E-state index >= 15 is 0 Å². The van der Waals surface area contributed by atoms with Crippen molar-refractivity contribution in [3.8, 4) is 16.9 Å². The Labute approximate surface area is 159 Å². The molecule has 0 N–H and O–H groups in total. The van der Waals surface area contributed by atoms with Crippen LogP contribution in [0, 0.1) is 17.0 Å². The van der Waals surface area contributed by atoms with Gasteiger partial charge in [0.15, 0.2) is 29.4 Å². The van der Waals surface area contributed by atoms with Gasteiger partial charge in [-0.05, 0) is 29.7 Å². The van der Waals surface area contributed by atoms with Crippen LogP contribution in [-0.2, 0) is 15.3 Å². The minimum atomic E-state index is -2.19. The molecule has 3 aliphatic heterocycles. The maximum absolute atomic E-state index is 14.1. The molecule has 5 rings (SSSR count). The zero-order valence-corrected chi connectivity index (χ0v) is 15.1. The van der Waals surface area contributed by atoms with Crippen molar-refractivity contribution in [1.29, 1.82) is 0 Å². The molecule has 0 spiro atoms. The van der Waals surface area contributed by atoms with Crippen LogP contribution in [0.25, 0.3) is 11.1 Å². The number of benzene rings is 2. The van der Waals surface area contributed by atoms with Gasteiger partial charge >= 0.3 is 6.08 Å². The number of fused-ring (bicyclic) bond motifs is 3. The van der Waals surface area contributed by atoms with E-state index in [1.807, 2.05) is 12.1 Å². The summed E-state index contributed by atoms with van der Waals surface area (Å²) in [5.41, 5.74) is 1.73. The Morgan fingerprint density at radius 3 is 2.07 bits per heavy atom. The molecular weight excluding hydrogens is 376 g/mol. The van der Waals surface area contributed by atoms with Crippen molar-refractivity contribution >= 4 is 0 Å². The highest BCUT2D eigenvalue weighted by Gasteiger charge is 2.49. The molecule has 7 heteroatoms. The maximum atomic E-state index is 14.1. The van der Waals surface area contributed by atoms with E-state index in [2.05, 4.69) is 11.7 Å². The first kappa shape index (κ1) is 19.0. The fraction of sp³-hybridized carbons (Fsp3) is 0.333. The van der Waals surface area contributed by atoms with Crippen LogP contribution in [0.1, 0.15) is 25.3 Å². The molecule has 2 bridgehead atoms. The van der Waals surface area contributed by atoms with Crippen molar-refractivity contribution in [1.82, 2.24) is 0 Å². The summed E-state index contributed by atoms with van der Waals surface area (Å²) in [6, 6.07) is 9.13. The number of rotatable bonds is 4. The van der Waals surface area contributed by atoms with Crippen LogP contribution in [0.4, 0.5) is 17.6 Å². The highest BCUT2D eigenvalue weighted by Crippen LogP contribution is 2.48. The van der Waals surface area contributed by atoms with Crippen molar-refractivity contribution in [2.75, 3.05) is 13.2 Å². The van der Waals surface area contributed by atoms with Crippen molar-refractivity contribution in [3.05, 3.63) is 65.9 Å². The number of hydrogen-bond donors (Lipinski definition) is 0. The summed E-state index contributed by atoms with van der Waals surface area (Å²) in [4.78, 5) is 0. The van der Waals surface area contributed by atoms with Crippen LogP contribution in [-0.4, -0.2) is 13.2 Å². The van der Waals surface area contributed by atoms with Gasteiger partial charge in [0, 0.05) is 17.4 Å². The van der Waals surface area contributed by atoms with Gasteiger partial charge in [-0.1, -0.05) is 31.2 Å². The quantitative estimate of drug-likeness (QED) is 0.488. The molecule has 2 aromatic rings. The van der Waals surface area contributed by atoms with E-state index in [1.165, 1.54) is 0 Å². The average Bonchev–Trinajstić information content (AvgIpc) is 2.68. The van der Waals surface area contributed by atoms with Crippen LogP contribution in [0.15, 0.2) is 48.7 Å². The summed E-state index contributed by atoms with van der Waals surface area (Å²) in [5, 5.41) is 0. The van der Waals surface area contributed by atoms with Crippen molar-refractivity contribution in [3.63, 3.8) is 0 Å². The summed E-state index contributed by atoms with van der Waals surface area (Å²) in [7, 11) is 0. The van der Waals surface area contributed by atoms with Gasteiger partial charge in [-0.2, -0.15) is 8.78 Å². The maximum Gasteiger partial charge on any atom is 0.305 e. The number of hydrogen-bond acceptors (Lipinski definition) is 3. The van der Waals surface area contributed by atoms with Gasteiger partial charge in [0.2, 0.25) is 0 Å². The predicted octanol–water partition coefficient (Wildman–Crippen LogP) is 5.75. The molecule has 0 atom stereocenters. The first-order valence-corrected chi connectivity index (χ1v) is 8.86. The smallest absolute Gasteiger partial charge is 0.305 e. The van der Waals surface area contributed by atoms with Crippen molar-refractivity contribution in [2.45, 2.75) is 25.6 Å². The Kier molecular flexibility index (Phi) is 4.67. The Morgan fingerprint density at radius 1 is 0.964 bits per heavy atom. The van der Waals surface area contributed by atoms with E-state index in [0.717, 1.165) is 30.5 Å². The van der Waals surface area contributed by atoms with Gasteiger partial charge in [-0.3, -0.25) is 0 Å². The summed E-state index contributed by atoms with van der Waals surface area (Å²) >= 11 is 0. The zero-order chi connectivity index (χ0) is 19.9. The SMILES string of the molecule is CC12CCC(c3ccc(-c4cc(F)c(OC=C(F)F)c(F)c4)cc3)(OC1)OC2. The minimum absolute atomic E-state index is 0.00536. The van der Waals surface area contributed by atoms with Gasteiger partial charge < -0.3 is 14.2 Å². The molecule has 2 aromatic carbocycles. The lowest BCUT2D eigenvalue weighted by molar-refractivity contribution is -0.346. The summed E-state index contributed by atoms with van der Waals surface area (Å²) < 4.78 is 68.7. The summed E-state index contributed by atoms with van der Waals surface area (Å²) in [5.74, 6) is -3.78. The molecular formula is C21H18F4O3. The Morgan fingerprint density at radius 2 is 1.57 bits per heavy atom. The largest absolute Gasteiger partial charge is 0.453 e. The molecule has 3 aliphatic rings. The second-order valence-electron chi connectivity index (χ2n) is 7.51. The van der Waals surface area contributed by atoms with E-state index in [0.29, 0.717) is 18.8 Å². The van der Waals surface area contributed by atoms with Gasteiger partial charge in [0.1, 0.15) is 0 Å². The third kappa shape index (κ3) is 3.40. The van der Waals surface area contributed by atoms with Crippen LogP contribution < -0.4 is 4.74 Å². The van der Waals surface area contributed by atoms with Gasteiger partial charge in [0.05, 0.1) is 13.2 Å². The van der Waals surface area contributed by atoms with E-state index in [1.54, 1.807) is 12.1 Å². The third-order valence-corrected chi connectivity index (χ3v) is 5.29. The fourth-order valence-corrected chi connectivity index (χ4v) is 3.59. The Bertz CT molecular complexity index is 872. The number of ether oxygens (including phenoxy) is 3. The van der Waals surface area contributed by atoms with Crippen LogP contribution in [0.3, 0.4) is 0 Å². The molecule has 3 fully saturated rings. The molecule has 148 valence electrons. The van der Waals surface area contributed by atoms with Crippen molar-refractivity contribution in [2.24, 2.45) is 5.41 Å². The zero-order valence-electron chi connectivity index (χ0n) is 15.1. The lowest BCUT2D eigenvalue weighted by Gasteiger charge is -2.51. The Balaban J connectivity index is 1.59. The topological polar surface area (TPSA) is 27.7 Å². The third-order valence-electron chi connectivity index (χ3n) is 5.29. The molecule has 0 radical (unpaired) electrons.